The maximum Gasteiger partial charge on any atom is 0.189 e. The first-order valence-corrected chi connectivity index (χ1v) is 10.9. The molecule has 0 unspecified atom stereocenters. The number of benzene rings is 2. The number of rotatable bonds is 6. The van der Waals surface area contributed by atoms with Gasteiger partial charge in [0.2, 0.25) is 0 Å². The second-order valence-corrected chi connectivity index (χ2v) is 9.23. The molecule has 1 fully saturated rings. The Labute approximate surface area is 159 Å². The summed E-state index contributed by atoms with van der Waals surface area (Å²) in [4.78, 5) is 2.96. The quantitative estimate of drug-likeness (QED) is 0.655. The second-order valence-electron chi connectivity index (χ2n) is 6.58. The van der Waals surface area contributed by atoms with Crippen molar-refractivity contribution in [1.29, 1.82) is 0 Å². The number of hydrogen-bond donors (Lipinski definition) is 1. The van der Waals surface area contributed by atoms with Crippen molar-refractivity contribution < 1.29 is 17.2 Å². The molecule has 1 saturated carbocycles. The van der Waals surface area contributed by atoms with Gasteiger partial charge in [-0.2, -0.15) is 0 Å². The summed E-state index contributed by atoms with van der Waals surface area (Å²) in [6.45, 7) is 0. The van der Waals surface area contributed by atoms with E-state index in [0.29, 0.717) is 0 Å². The number of sulfone groups is 1. The highest BCUT2D eigenvalue weighted by atomic mass is 32.2. The summed E-state index contributed by atoms with van der Waals surface area (Å²) in [5.41, 5.74) is 2.64. The standard InChI is InChI=1S/C19H16F2N2O2S2/c20-16-8-14(23-19(6-7-19)13-4-2-1-3-5-13)9-17(21)18(16)27(24,25)11-15-10-26-12-22-15/h1-5,8-10,12,23H,6-7,11H2. The number of halogens is 2. The lowest BCUT2D eigenvalue weighted by Gasteiger charge is -2.20. The SMILES string of the molecule is O=S(=O)(Cc1cscn1)c1c(F)cc(NC2(c3ccccc3)CC2)cc1F. The number of hydrogen-bond acceptors (Lipinski definition) is 5. The molecule has 0 saturated heterocycles. The molecule has 0 bridgehead atoms. The van der Waals surface area contributed by atoms with Crippen molar-refractivity contribution in [2.45, 2.75) is 29.0 Å². The van der Waals surface area contributed by atoms with Crippen molar-refractivity contribution >= 4 is 26.9 Å². The highest BCUT2D eigenvalue weighted by Gasteiger charge is 2.44. The molecule has 1 heterocycles. The van der Waals surface area contributed by atoms with E-state index in [1.807, 2.05) is 30.3 Å². The van der Waals surface area contributed by atoms with E-state index in [9.17, 15) is 17.2 Å². The fourth-order valence-electron chi connectivity index (χ4n) is 3.15. The van der Waals surface area contributed by atoms with E-state index in [1.165, 1.54) is 16.8 Å². The minimum Gasteiger partial charge on any atom is -0.375 e. The van der Waals surface area contributed by atoms with Crippen molar-refractivity contribution in [1.82, 2.24) is 4.98 Å². The molecule has 3 aromatic rings. The summed E-state index contributed by atoms with van der Waals surface area (Å²) in [6, 6.07) is 11.7. The molecule has 2 aromatic carbocycles. The highest BCUT2D eigenvalue weighted by molar-refractivity contribution is 7.90. The molecule has 1 N–H and O–H groups in total. The van der Waals surface area contributed by atoms with Crippen LogP contribution in [-0.4, -0.2) is 13.4 Å². The molecule has 140 valence electrons. The molecule has 1 aliphatic carbocycles. The average molecular weight is 406 g/mol. The molecule has 0 radical (unpaired) electrons. The van der Waals surface area contributed by atoms with Gasteiger partial charge < -0.3 is 5.32 Å². The van der Waals surface area contributed by atoms with Crippen LogP contribution in [0.2, 0.25) is 0 Å². The largest absolute Gasteiger partial charge is 0.375 e. The molecule has 4 nitrogen and oxygen atoms in total. The zero-order valence-corrected chi connectivity index (χ0v) is 15.8. The molecule has 1 aliphatic rings. The van der Waals surface area contributed by atoms with Gasteiger partial charge in [-0.05, 0) is 30.5 Å². The van der Waals surface area contributed by atoms with E-state index < -0.39 is 32.1 Å². The minimum atomic E-state index is -4.18. The van der Waals surface area contributed by atoms with E-state index in [2.05, 4.69) is 10.3 Å². The lowest BCUT2D eigenvalue weighted by Crippen LogP contribution is -2.19. The normalized spacial score (nSPS) is 15.5. The summed E-state index contributed by atoms with van der Waals surface area (Å²) in [5, 5.41) is 4.71. The van der Waals surface area contributed by atoms with Crippen LogP contribution in [0.5, 0.6) is 0 Å². The van der Waals surface area contributed by atoms with Gasteiger partial charge in [0.25, 0.3) is 0 Å². The number of aromatic nitrogens is 1. The van der Waals surface area contributed by atoms with Crippen LogP contribution >= 0.6 is 11.3 Å². The molecule has 4 rings (SSSR count). The van der Waals surface area contributed by atoms with E-state index in [0.717, 1.165) is 30.5 Å². The highest BCUT2D eigenvalue weighted by Crippen LogP contribution is 2.48. The minimum absolute atomic E-state index is 0.221. The monoisotopic (exact) mass is 406 g/mol. The lowest BCUT2D eigenvalue weighted by atomic mass is 10.0. The van der Waals surface area contributed by atoms with Gasteiger partial charge in [-0.15, -0.1) is 11.3 Å². The Morgan fingerprint density at radius 3 is 2.33 bits per heavy atom. The molecule has 0 spiro atoms. The fraction of sp³-hybridized carbons (Fsp3) is 0.211. The predicted molar refractivity (Wildman–Crippen MR) is 100 cm³/mol. The Hall–Kier alpha value is -2.32. The van der Waals surface area contributed by atoms with Crippen LogP contribution in [-0.2, 0) is 21.1 Å². The Morgan fingerprint density at radius 2 is 1.78 bits per heavy atom. The predicted octanol–water partition coefficient (Wildman–Crippen LogP) is 4.50. The van der Waals surface area contributed by atoms with Gasteiger partial charge in [-0.25, -0.2) is 22.2 Å². The Bertz CT molecular complexity index is 1040. The van der Waals surface area contributed by atoms with Crippen LogP contribution in [0.3, 0.4) is 0 Å². The second kappa shape index (κ2) is 6.69. The van der Waals surface area contributed by atoms with Crippen molar-refractivity contribution in [3.63, 3.8) is 0 Å². The average Bonchev–Trinajstić information content (AvgIpc) is 3.21. The molecule has 8 heteroatoms. The molecule has 1 aromatic heterocycles. The molecular formula is C19H16F2N2O2S2. The van der Waals surface area contributed by atoms with E-state index in [1.54, 1.807) is 5.38 Å². The Balaban J connectivity index is 1.63. The summed E-state index contributed by atoms with van der Waals surface area (Å²) >= 11 is 1.22. The van der Waals surface area contributed by atoms with Crippen molar-refractivity contribution in [2.75, 3.05) is 5.32 Å². The first-order chi connectivity index (χ1) is 12.9. The van der Waals surface area contributed by atoms with Crippen LogP contribution in [0, 0.1) is 11.6 Å². The van der Waals surface area contributed by atoms with Crippen molar-refractivity contribution in [3.05, 3.63) is 76.2 Å². The van der Waals surface area contributed by atoms with Crippen molar-refractivity contribution in [2.24, 2.45) is 0 Å². The van der Waals surface area contributed by atoms with Crippen LogP contribution in [0.1, 0.15) is 24.1 Å². The Morgan fingerprint density at radius 1 is 1.11 bits per heavy atom. The molecular weight excluding hydrogens is 390 g/mol. The van der Waals surface area contributed by atoms with Gasteiger partial charge in [0.05, 0.1) is 22.5 Å². The first kappa shape index (κ1) is 18.1. The zero-order chi connectivity index (χ0) is 19.1. The smallest absolute Gasteiger partial charge is 0.189 e. The summed E-state index contributed by atoms with van der Waals surface area (Å²) in [6.07, 6.45) is 1.67. The van der Waals surface area contributed by atoms with Gasteiger partial charge in [0, 0.05) is 11.1 Å². The molecule has 27 heavy (non-hydrogen) atoms. The van der Waals surface area contributed by atoms with Crippen LogP contribution in [0.15, 0.2) is 58.3 Å². The zero-order valence-electron chi connectivity index (χ0n) is 14.2. The van der Waals surface area contributed by atoms with Crippen LogP contribution in [0.4, 0.5) is 14.5 Å². The van der Waals surface area contributed by atoms with Gasteiger partial charge in [-0.3, -0.25) is 0 Å². The summed E-state index contributed by atoms with van der Waals surface area (Å²) < 4.78 is 54.0. The molecule has 0 aliphatic heterocycles. The third-order valence-electron chi connectivity index (χ3n) is 4.59. The number of nitrogens with one attached hydrogen (secondary N) is 1. The Kier molecular flexibility index (Phi) is 4.47. The van der Waals surface area contributed by atoms with Gasteiger partial charge in [0.15, 0.2) is 9.84 Å². The lowest BCUT2D eigenvalue weighted by molar-refractivity contribution is 0.519. The topological polar surface area (TPSA) is 59.1 Å². The number of nitrogens with zero attached hydrogens (tertiary/aromatic N) is 1. The van der Waals surface area contributed by atoms with Crippen LogP contribution < -0.4 is 5.32 Å². The van der Waals surface area contributed by atoms with E-state index >= 15 is 0 Å². The third-order valence-corrected chi connectivity index (χ3v) is 6.91. The summed E-state index contributed by atoms with van der Waals surface area (Å²) in [7, 11) is -4.18. The van der Waals surface area contributed by atoms with Gasteiger partial charge in [-0.1, -0.05) is 30.3 Å². The van der Waals surface area contributed by atoms with Gasteiger partial charge in [0.1, 0.15) is 16.5 Å². The molecule has 0 amide bonds. The van der Waals surface area contributed by atoms with Crippen LogP contribution in [0.25, 0.3) is 0 Å². The maximum atomic E-state index is 14.6. The van der Waals surface area contributed by atoms with Gasteiger partial charge >= 0.3 is 0 Å². The van der Waals surface area contributed by atoms with E-state index in [4.69, 9.17) is 0 Å². The first-order valence-electron chi connectivity index (χ1n) is 8.32. The van der Waals surface area contributed by atoms with Crippen molar-refractivity contribution in [3.8, 4) is 0 Å². The summed E-state index contributed by atoms with van der Waals surface area (Å²) in [5.74, 6) is -2.74. The number of anilines is 1. The molecule has 0 atom stereocenters. The fourth-order valence-corrected chi connectivity index (χ4v) is 5.22. The van der Waals surface area contributed by atoms with E-state index in [-0.39, 0.29) is 16.9 Å². The maximum absolute atomic E-state index is 14.6. The third kappa shape index (κ3) is 3.59. The number of thiazole rings is 1.